The quantitative estimate of drug-likeness (QED) is 0.776. The Balaban J connectivity index is 1.39. The maximum atomic E-state index is 9.01. The van der Waals surface area contributed by atoms with E-state index >= 15 is 0 Å². The lowest BCUT2D eigenvalue weighted by Gasteiger charge is -2.41. The van der Waals surface area contributed by atoms with E-state index in [1.54, 1.807) is 12.3 Å². The molecule has 7 heteroatoms. The number of morpholine rings is 1. The van der Waals surface area contributed by atoms with Gasteiger partial charge in [-0.3, -0.25) is 4.90 Å². The van der Waals surface area contributed by atoms with E-state index in [0.29, 0.717) is 23.4 Å². The van der Waals surface area contributed by atoms with Gasteiger partial charge in [0.1, 0.15) is 23.8 Å². The van der Waals surface area contributed by atoms with E-state index in [1.165, 1.54) is 0 Å². The molecule has 1 N–H and O–H groups in total. The molecule has 2 fully saturated rings. The summed E-state index contributed by atoms with van der Waals surface area (Å²) in [6.45, 7) is 7.94. The van der Waals surface area contributed by atoms with Gasteiger partial charge in [-0.1, -0.05) is 6.58 Å². The van der Waals surface area contributed by atoms with Crippen molar-refractivity contribution in [1.29, 1.82) is 5.26 Å². The zero-order chi connectivity index (χ0) is 19.0. The maximum Gasteiger partial charge on any atom is 0.204 e. The first-order valence-corrected chi connectivity index (χ1v) is 10.2. The zero-order valence-corrected chi connectivity index (χ0v) is 17.0. The summed E-state index contributed by atoms with van der Waals surface area (Å²) in [7, 11) is 0. The Bertz CT molecular complexity index is 895. The highest BCUT2D eigenvalue weighted by molar-refractivity contribution is 9.10. The topological polar surface area (TPSA) is 74.3 Å². The summed E-state index contributed by atoms with van der Waals surface area (Å²) in [6.07, 6.45) is 6.41. The summed E-state index contributed by atoms with van der Waals surface area (Å²) < 4.78 is 12.0. The van der Waals surface area contributed by atoms with Crippen LogP contribution in [0.2, 0.25) is 0 Å². The highest BCUT2D eigenvalue weighted by Gasteiger charge is 2.30. The third-order valence-corrected chi connectivity index (χ3v) is 6.22. The first-order valence-electron chi connectivity index (χ1n) is 9.36. The summed E-state index contributed by atoms with van der Waals surface area (Å²) in [5, 5.41) is 13.5. The fraction of sp³-hybridized carbons (Fsp3) is 0.500. The molecule has 0 aromatic carbocycles. The summed E-state index contributed by atoms with van der Waals surface area (Å²) >= 11 is 3.61. The van der Waals surface area contributed by atoms with Crippen molar-refractivity contribution in [3.8, 4) is 6.07 Å². The molecule has 6 nitrogen and oxygen atoms in total. The van der Waals surface area contributed by atoms with Crippen LogP contribution in [0.5, 0.6) is 0 Å². The number of halogens is 1. The van der Waals surface area contributed by atoms with Crippen molar-refractivity contribution in [1.82, 2.24) is 9.88 Å². The average molecular weight is 431 g/mol. The van der Waals surface area contributed by atoms with Crippen molar-refractivity contribution in [3.63, 3.8) is 0 Å². The number of nitrogens with zero attached hydrogens (tertiary/aromatic N) is 3. The number of nitrogens with one attached hydrogen (secondary N) is 1. The minimum absolute atomic E-state index is 0.224. The number of pyridine rings is 1. The fourth-order valence-corrected chi connectivity index (χ4v) is 4.70. The summed E-state index contributed by atoms with van der Waals surface area (Å²) in [6, 6.07) is 4.77. The summed E-state index contributed by atoms with van der Waals surface area (Å²) in [5.74, 6) is 1.99. The molecule has 142 valence electrons. The lowest BCUT2D eigenvalue weighted by molar-refractivity contribution is 0.00592. The molecule has 0 amide bonds. The Hall–Kier alpha value is -2.04. The van der Waals surface area contributed by atoms with Crippen LogP contribution in [0.15, 0.2) is 33.5 Å². The molecule has 1 saturated heterocycles. The molecule has 0 spiro atoms. The lowest BCUT2D eigenvalue weighted by atomic mass is 9.89. The molecule has 0 bridgehead atoms. The number of hydrogen-bond donors (Lipinski definition) is 1. The van der Waals surface area contributed by atoms with Crippen molar-refractivity contribution in [2.24, 2.45) is 0 Å². The Kier molecular flexibility index (Phi) is 5.11. The van der Waals surface area contributed by atoms with Crippen LogP contribution in [-0.2, 0) is 4.74 Å². The van der Waals surface area contributed by atoms with E-state index in [1.807, 2.05) is 6.07 Å². The van der Waals surface area contributed by atoms with Crippen LogP contribution in [0.25, 0.3) is 11.0 Å². The first kappa shape index (κ1) is 18.3. The monoisotopic (exact) mass is 430 g/mol. The molecule has 1 atom stereocenters. The van der Waals surface area contributed by atoms with E-state index in [2.05, 4.69) is 44.6 Å². The minimum atomic E-state index is 0.224. The second kappa shape index (κ2) is 7.53. The number of ether oxygens (including phenoxy) is 1. The summed E-state index contributed by atoms with van der Waals surface area (Å²) in [4.78, 5) is 6.99. The molecular formula is C20H23BrN4O2. The molecular weight excluding hydrogens is 408 g/mol. The number of anilines is 1. The van der Waals surface area contributed by atoms with Crippen molar-refractivity contribution in [2.45, 2.75) is 50.8 Å². The number of hydrogen-bond acceptors (Lipinski definition) is 6. The Morgan fingerprint density at radius 1 is 1.37 bits per heavy atom. The van der Waals surface area contributed by atoms with E-state index in [9.17, 15) is 0 Å². The average Bonchev–Trinajstić information content (AvgIpc) is 3.08. The number of rotatable bonds is 3. The molecule has 2 aromatic rings. The lowest BCUT2D eigenvalue weighted by Crippen LogP contribution is -2.47. The van der Waals surface area contributed by atoms with Gasteiger partial charge in [0.05, 0.1) is 17.2 Å². The van der Waals surface area contributed by atoms with Gasteiger partial charge in [-0.15, -0.1) is 0 Å². The van der Waals surface area contributed by atoms with Crippen molar-refractivity contribution >= 4 is 32.7 Å². The summed E-state index contributed by atoms with van der Waals surface area (Å²) in [5.41, 5.74) is 0.620. The van der Waals surface area contributed by atoms with Gasteiger partial charge in [0.15, 0.2) is 5.58 Å². The molecule has 27 heavy (non-hydrogen) atoms. The largest absolute Gasteiger partial charge is 0.493 e. The van der Waals surface area contributed by atoms with Crippen molar-refractivity contribution < 1.29 is 9.15 Å². The van der Waals surface area contributed by atoms with Gasteiger partial charge < -0.3 is 14.5 Å². The predicted molar refractivity (Wildman–Crippen MR) is 107 cm³/mol. The molecule has 2 aromatic heterocycles. The highest BCUT2D eigenvalue weighted by Crippen LogP contribution is 2.34. The third-order valence-electron chi connectivity index (χ3n) is 5.42. The minimum Gasteiger partial charge on any atom is -0.493 e. The maximum absolute atomic E-state index is 9.01. The van der Waals surface area contributed by atoms with Crippen LogP contribution in [0, 0.1) is 11.3 Å². The fourth-order valence-electron chi connectivity index (χ4n) is 4.17. The first-order chi connectivity index (χ1) is 13.0. The van der Waals surface area contributed by atoms with Crippen molar-refractivity contribution in [3.05, 3.63) is 34.8 Å². The van der Waals surface area contributed by atoms with E-state index in [-0.39, 0.29) is 6.10 Å². The van der Waals surface area contributed by atoms with Gasteiger partial charge in [0.2, 0.25) is 5.76 Å². The normalized spacial score (nSPS) is 26.6. The van der Waals surface area contributed by atoms with Crippen molar-refractivity contribution in [2.75, 3.05) is 18.4 Å². The van der Waals surface area contributed by atoms with E-state index < -0.39 is 0 Å². The second-order valence-corrected chi connectivity index (χ2v) is 8.26. The van der Waals surface area contributed by atoms with Gasteiger partial charge in [0.25, 0.3) is 0 Å². The number of fused-ring (bicyclic) bond motifs is 1. The van der Waals surface area contributed by atoms with Crippen LogP contribution in [-0.4, -0.2) is 41.2 Å². The zero-order valence-electron chi connectivity index (χ0n) is 15.4. The molecule has 1 aliphatic carbocycles. The second-order valence-electron chi connectivity index (χ2n) is 7.47. The van der Waals surface area contributed by atoms with Crippen LogP contribution in [0.3, 0.4) is 0 Å². The molecule has 1 saturated carbocycles. The van der Waals surface area contributed by atoms with Gasteiger partial charge in [0, 0.05) is 30.1 Å². The Morgan fingerprint density at radius 2 is 2.15 bits per heavy atom. The molecule has 0 radical (unpaired) electrons. The van der Waals surface area contributed by atoms with Crippen LogP contribution < -0.4 is 5.32 Å². The number of furan rings is 1. The SMILES string of the molecule is C=C1CN(C2CCC(Nc3ncc4oc(C#N)cc4c3Br)CC2)C[C@@H](C)O1. The van der Waals surface area contributed by atoms with Gasteiger partial charge in [-0.05, 0) is 48.5 Å². The van der Waals surface area contributed by atoms with E-state index in [4.69, 9.17) is 14.4 Å². The van der Waals surface area contributed by atoms with Crippen LogP contribution in [0.4, 0.5) is 5.82 Å². The molecule has 1 aliphatic heterocycles. The number of nitriles is 1. The standard InChI is InChI=1S/C20H23BrN4O2/c1-12-10-25(11-13(2)26-12)15-5-3-14(4-6-15)24-20-19(21)17-7-16(8-22)27-18(17)9-23-20/h7,9,13-15H,1,3-6,10-11H2,2H3,(H,23,24)/t13-,14?,15?/m1/s1. The van der Waals surface area contributed by atoms with Gasteiger partial charge in [-0.25, -0.2) is 4.98 Å². The molecule has 4 rings (SSSR count). The van der Waals surface area contributed by atoms with Crippen LogP contribution >= 0.6 is 15.9 Å². The Labute approximate surface area is 167 Å². The predicted octanol–water partition coefficient (Wildman–Crippen LogP) is 4.42. The molecule has 2 aliphatic rings. The van der Waals surface area contributed by atoms with E-state index in [0.717, 1.165) is 60.2 Å². The van der Waals surface area contributed by atoms with Crippen LogP contribution in [0.1, 0.15) is 38.4 Å². The third kappa shape index (κ3) is 3.83. The highest BCUT2D eigenvalue weighted by atomic mass is 79.9. The van der Waals surface area contributed by atoms with Gasteiger partial charge >= 0.3 is 0 Å². The smallest absolute Gasteiger partial charge is 0.204 e. The Morgan fingerprint density at radius 3 is 2.85 bits per heavy atom. The van der Waals surface area contributed by atoms with Gasteiger partial charge in [-0.2, -0.15) is 5.26 Å². The molecule has 0 unspecified atom stereocenters. The molecule has 3 heterocycles. The number of aromatic nitrogens is 1.